The number of hydrogen-bond donors (Lipinski definition) is 0. The fourth-order valence-corrected chi connectivity index (χ4v) is 5.91. The first-order valence-electron chi connectivity index (χ1n) is 11.5. The van der Waals surface area contributed by atoms with Gasteiger partial charge in [0, 0.05) is 37.2 Å². The molecule has 1 aliphatic heterocycles. The highest BCUT2D eigenvalue weighted by Gasteiger charge is 2.39. The summed E-state index contributed by atoms with van der Waals surface area (Å²) in [7, 11) is 1.17. The Bertz CT molecular complexity index is 1110. The summed E-state index contributed by atoms with van der Waals surface area (Å²) in [6.07, 6.45) is 2.99. The molecule has 184 valence electrons. The maximum atomic E-state index is 13.5. The van der Waals surface area contributed by atoms with E-state index >= 15 is 0 Å². The molecule has 2 aromatic carbocycles. The van der Waals surface area contributed by atoms with E-state index in [1.54, 1.807) is 45.6 Å². The van der Waals surface area contributed by atoms with E-state index in [4.69, 9.17) is 14.2 Å². The molecule has 2 aromatic rings. The van der Waals surface area contributed by atoms with Crippen LogP contribution in [0.2, 0.25) is 0 Å². The number of amides is 1. The smallest absolute Gasteiger partial charge is 0.243 e. The first kappa shape index (κ1) is 24.3. The molecule has 1 amide bonds. The van der Waals surface area contributed by atoms with Crippen LogP contribution >= 0.6 is 0 Å². The molecular formula is C25H32N2O6S. The second kappa shape index (κ2) is 10.2. The molecule has 1 saturated carbocycles. The number of sulfonamides is 1. The van der Waals surface area contributed by atoms with Crippen LogP contribution in [0.3, 0.4) is 0 Å². The molecule has 2 aliphatic rings. The largest absolute Gasteiger partial charge is 0.497 e. The van der Waals surface area contributed by atoms with Crippen molar-refractivity contribution in [1.82, 2.24) is 9.21 Å². The van der Waals surface area contributed by atoms with Crippen molar-refractivity contribution >= 4 is 15.9 Å². The Hall–Kier alpha value is -2.78. The molecule has 34 heavy (non-hydrogen) atoms. The van der Waals surface area contributed by atoms with E-state index in [9.17, 15) is 13.2 Å². The zero-order valence-corrected chi connectivity index (χ0v) is 20.7. The van der Waals surface area contributed by atoms with Gasteiger partial charge in [0.2, 0.25) is 15.9 Å². The summed E-state index contributed by atoms with van der Waals surface area (Å²) in [5.41, 5.74) is 0.904. The molecule has 0 aromatic heterocycles. The maximum absolute atomic E-state index is 13.5. The minimum atomic E-state index is -3.60. The van der Waals surface area contributed by atoms with E-state index in [1.165, 1.54) is 4.31 Å². The molecule has 0 N–H and O–H groups in total. The Morgan fingerprint density at radius 2 is 1.53 bits per heavy atom. The van der Waals surface area contributed by atoms with Crippen LogP contribution in [0, 0.1) is 5.92 Å². The van der Waals surface area contributed by atoms with Crippen molar-refractivity contribution in [1.29, 1.82) is 0 Å². The van der Waals surface area contributed by atoms with Gasteiger partial charge in [-0.15, -0.1) is 0 Å². The topological polar surface area (TPSA) is 85.4 Å². The second-order valence-corrected chi connectivity index (χ2v) is 10.7. The fourth-order valence-electron chi connectivity index (χ4n) is 4.44. The summed E-state index contributed by atoms with van der Waals surface area (Å²) in [5, 5.41) is 0. The number of piperidine rings is 1. The molecule has 0 atom stereocenters. The van der Waals surface area contributed by atoms with E-state index in [2.05, 4.69) is 0 Å². The van der Waals surface area contributed by atoms with Crippen molar-refractivity contribution in [3.05, 3.63) is 48.0 Å². The van der Waals surface area contributed by atoms with Crippen molar-refractivity contribution in [2.24, 2.45) is 5.92 Å². The summed E-state index contributed by atoms with van der Waals surface area (Å²) in [6.45, 7) is 1.10. The number of benzene rings is 2. The van der Waals surface area contributed by atoms with Crippen LogP contribution in [0.25, 0.3) is 0 Å². The normalized spacial score (nSPS) is 17.3. The lowest BCUT2D eigenvalue weighted by Gasteiger charge is -2.34. The van der Waals surface area contributed by atoms with Crippen LogP contribution in [0.4, 0.5) is 0 Å². The van der Waals surface area contributed by atoms with Crippen LogP contribution in [0.1, 0.15) is 31.2 Å². The predicted octanol–water partition coefficient (Wildman–Crippen LogP) is 3.30. The average molecular weight is 489 g/mol. The van der Waals surface area contributed by atoms with Gasteiger partial charge in [-0.05, 0) is 68.1 Å². The van der Waals surface area contributed by atoms with Gasteiger partial charge < -0.3 is 19.1 Å². The van der Waals surface area contributed by atoms with Crippen molar-refractivity contribution in [3.8, 4) is 17.2 Å². The molecule has 1 aliphatic carbocycles. The zero-order valence-electron chi connectivity index (χ0n) is 19.9. The number of carbonyl (C=O) groups excluding carboxylic acids is 1. The number of hydrogen-bond acceptors (Lipinski definition) is 6. The van der Waals surface area contributed by atoms with Crippen LogP contribution in [-0.4, -0.2) is 64.0 Å². The lowest BCUT2D eigenvalue weighted by molar-refractivity contribution is -0.138. The van der Waals surface area contributed by atoms with Crippen molar-refractivity contribution in [3.63, 3.8) is 0 Å². The van der Waals surface area contributed by atoms with Gasteiger partial charge in [-0.25, -0.2) is 8.42 Å². The van der Waals surface area contributed by atoms with Gasteiger partial charge in [-0.1, -0.05) is 0 Å². The quantitative estimate of drug-likeness (QED) is 0.538. The third-order valence-corrected chi connectivity index (χ3v) is 8.51. The Balaban J connectivity index is 1.43. The second-order valence-electron chi connectivity index (χ2n) is 8.73. The molecule has 9 heteroatoms. The molecule has 0 radical (unpaired) electrons. The van der Waals surface area contributed by atoms with Crippen LogP contribution in [0.5, 0.6) is 17.2 Å². The summed E-state index contributed by atoms with van der Waals surface area (Å²) >= 11 is 0. The SMILES string of the molecule is COc1ccc(S(=O)(=O)N2CCC(C(=O)N(Cc3cc(OC)ccc3OC)C3CC3)CC2)cc1. The lowest BCUT2D eigenvalue weighted by Crippen LogP contribution is -2.44. The highest BCUT2D eigenvalue weighted by Crippen LogP contribution is 2.35. The van der Waals surface area contributed by atoms with E-state index in [-0.39, 0.29) is 22.8 Å². The first-order chi connectivity index (χ1) is 16.4. The highest BCUT2D eigenvalue weighted by molar-refractivity contribution is 7.89. The van der Waals surface area contributed by atoms with Crippen molar-refractivity contribution in [2.75, 3.05) is 34.4 Å². The van der Waals surface area contributed by atoms with Crippen LogP contribution < -0.4 is 14.2 Å². The van der Waals surface area contributed by atoms with Gasteiger partial charge in [0.05, 0.1) is 26.2 Å². The first-order valence-corrected chi connectivity index (χ1v) is 13.0. The number of rotatable bonds is 9. The lowest BCUT2D eigenvalue weighted by atomic mass is 9.96. The van der Waals surface area contributed by atoms with Crippen molar-refractivity contribution in [2.45, 2.75) is 43.2 Å². The Morgan fingerprint density at radius 1 is 0.912 bits per heavy atom. The molecule has 1 heterocycles. The van der Waals surface area contributed by atoms with E-state index in [1.807, 2.05) is 23.1 Å². The van der Waals surface area contributed by atoms with Crippen molar-refractivity contribution < 1.29 is 27.4 Å². The Labute approximate surface area is 201 Å². The molecule has 4 rings (SSSR count). The summed E-state index contributed by atoms with van der Waals surface area (Å²) in [5.74, 6) is 1.94. The molecule has 0 spiro atoms. The van der Waals surface area contributed by atoms with Crippen LogP contribution in [-0.2, 0) is 21.4 Å². The average Bonchev–Trinajstić information content (AvgIpc) is 3.72. The molecular weight excluding hydrogens is 456 g/mol. The molecule has 0 bridgehead atoms. The molecule has 0 unspecified atom stereocenters. The third-order valence-electron chi connectivity index (χ3n) is 6.60. The fraction of sp³-hybridized carbons (Fsp3) is 0.480. The summed E-state index contributed by atoms with van der Waals surface area (Å²) < 4.78 is 43.6. The monoisotopic (exact) mass is 488 g/mol. The molecule has 1 saturated heterocycles. The van der Waals surface area contributed by atoms with Gasteiger partial charge in [0.15, 0.2) is 0 Å². The highest BCUT2D eigenvalue weighted by atomic mass is 32.2. The van der Waals surface area contributed by atoms with Gasteiger partial charge >= 0.3 is 0 Å². The van der Waals surface area contributed by atoms with Gasteiger partial charge in [0.1, 0.15) is 17.2 Å². The molecule has 2 fully saturated rings. The van der Waals surface area contributed by atoms with Gasteiger partial charge in [-0.3, -0.25) is 4.79 Å². The predicted molar refractivity (Wildman–Crippen MR) is 128 cm³/mol. The van der Waals surface area contributed by atoms with E-state index in [0.29, 0.717) is 38.2 Å². The number of methoxy groups -OCH3 is 3. The van der Waals surface area contributed by atoms with Crippen LogP contribution in [0.15, 0.2) is 47.4 Å². The third kappa shape index (κ3) is 5.15. The minimum absolute atomic E-state index is 0.0915. The Kier molecular flexibility index (Phi) is 7.33. The standard InChI is InChI=1S/C25H32N2O6S/c1-31-21-6-9-23(10-7-21)34(29,30)26-14-12-18(13-15-26)25(28)27(20-4-5-20)17-19-16-22(32-2)8-11-24(19)33-3/h6-11,16,18,20H,4-5,12-15,17H2,1-3H3. The van der Waals surface area contributed by atoms with Gasteiger partial charge in [0.25, 0.3) is 0 Å². The number of ether oxygens (including phenoxy) is 3. The summed E-state index contributed by atoms with van der Waals surface area (Å²) in [4.78, 5) is 15.7. The molecule has 8 nitrogen and oxygen atoms in total. The van der Waals surface area contributed by atoms with E-state index in [0.717, 1.165) is 29.9 Å². The zero-order chi connectivity index (χ0) is 24.3. The summed E-state index contributed by atoms with van der Waals surface area (Å²) in [6, 6.07) is 12.2. The Morgan fingerprint density at radius 3 is 2.09 bits per heavy atom. The van der Waals surface area contributed by atoms with Gasteiger partial charge in [-0.2, -0.15) is 4.31 Å². The number of nitrogens with zero attached hydrogens (tertiary/aromatic N) is 2. The maximum Gasteiger partial charge on any atom is 0.243 e. The number of carbonyl (C=O) groups is 1. The van der Waals surface area contributed by atoms with E-state index < -0.39 is 10.0 Å². The minimum Gasteiger partial charge on any atom is -0.497 e.